The van der Waals surface area contributed by atoms with Crippen LogP contribution in [0.15, 0.2) is 54.7 Å². The number of nitrogens with two attached hydrogens (primary N) is 1. The van der Waals surface area contributed by atoms with Crippen LogP contribution in [0, 0.1) is 11.7 Å². The largest absolute Gasteiger partial charge is 0.414 e. The normalized spacial score (nSPS) is 14.1. The number of aliphatic hydroxyl groups is 2. The number of benzene rings is 2. The molecule has 0 radical (unpaired) electrons. The Morgan fingerprint density at radius 2 is 1.81 bits per heavy atom. The van der Waals surface area contributed by atoms with Crippen LogP contribution in [0.3, 0.4) is 0 Å². The van der Waals surface area contributed by atoms with E-state index in [0.717, 1.165) is 0 Å². The zero-order chi connectivity index (χ0) is 26.3. The molecule has 0 aliphatic heterocycles. The number of nitrogens with one attached hydrogen (secondary N) is 1. The van der Waals surface area contributed by atoms with Gasteiger partial charge in [0.15, 0.2) is 0 Å². The van der Waals surface area contributed by atoms with E-state index in [1.54, 1.807) is 44.2 Å². The lowest BCUT2D eigenvalue weighted by Crippen LogP contribution is -2.47. The molecule has 192 valence electrons. The highest BCUT2D eigenvalue weighted by Gasteiger charge is 2.30. The minimum Gasteiger partial charge on any atom is -0.391 e. The number of nitrogens with zero attached hydrogens (tertiary/aromatic N) is 2. The van der Waals surface area contributed by atoms with Crippen molar-refractivity contribution in [2.75, 3.05) is 0 Å². The molecule has 0 unspecified atom stereocenters. The number of aromatic nitrogens is 2. The zero-order valence-electron chi connectivity index (χ0n) is 20.2. The second kappa shape index (κ2) is 11.9. The SMILES string of the molecule is CC(C)(O)CC[C@H](C[C@H](O)[C@H](Cc1ccccc1F)NC(=O)Oc1cnc2ccccc2n1)C(N)=O. The average Bonchev–Trinajstić information content (AvgIpc) is 2.81. The number of carbonyl (C=O) groups excluding carboxylic acids is 2. The first-order valence-electron chi connectivity index (χ1n) is 11.6. The molecule has 0 saturated carbocycles. The second-order valence-electron chi connectivity index (χ2n) is 9.39. The summed E-state index contributed by atoms with van der Waals surface area (Å²) in [6, 6.07) is 12.0. The molecule has 9 nitrogen and oxygen atoms in total. The summed E-state index contributed by atoms with van der Waals surface area (Å²) in [5.41, 5.74) is 5.92. The van der Waals surface area contributed by atoms with E-state index in [9.17, 15) is 24.2 Å². The lowest BCUT2D eigenvalue weighted by molar-refractivity contribution is -0.123. The Labute approximate surface area is 208 Å². The summed E-state index contributed by atoms with van der Waals surface area (Å²) in [6.07, 6.45) is -0.541. The first kappa shape index (κ1) is 27.0. The van der Waals surface area contributed by atoms with Crippen LogP contribution >= 0.6 is 0 Å². The standard InChI is InChI=1S/C26H31FN4O5/c1-26(2,35)12-11-17(24(28)33)14-22(32)21(13-16-7-3-4-8-18(16)27)31-25(34)36-23-15-29-19-9-5-6-10-20(19)30-23/h3-10,15,17,21-22,32,35H,11-14H2,1-2H3,(H2,28,33)(H,31,34)/t17-,21+,22+/m1/s1. The Bertz CT molecular complexity index is 1200. The fourth-order valence-electron chi connectivity index (χ4n) is 3.81. The third-order valence-corrected chi connectivity index (χ3v) is 5.82. The van der Waals surface area contributed by atoms with Crippen LogP contribution in [0.1, 0.15) is 38.7 Å². The molecule has 2 amide bonds. The van der Waals surface area contributed by atoms with Crippen molar-refractivity contribution >= 4 is 23.0 Å². The summed E-state index contributed by atoms with van der Waals surface area (Å²) in [5, 5.41) is 23.5. The molecular weight excluding hydrogens is 467 g/mol. The number of hydrogen-bond acceptors (Lipinski definition) is 7. The molecule has 0 aliphatic carbocycles. The zero-order valence-corrected chi connectivity index (χ0v) is 20.2. The van der Waals surface area contributed by atoms with E-state index in [4.69, 9.17) is 10.5 Å². The Morgan fingerprint density at radius 1 is 1.14 bits per heavy atom. The Morgan fingerprint density at radius 3 is 2.47 bits per heavy atom. The molecule has 0 saturated heterocycles. The van der Waals surface area contributed by atoms with Crippen LogP contribution in [0.25, 0.3) is 11.0 Å². The van der Waals surface area contributed by atoms with Crippen molar-refractivity contribution in [3.05, 3.63) is 66.1 Å². The van der Waals surface area contributed by atoms with Gasteiger partial charge in [-0.3, -0.25) is 4.79 Å². The number of aliphatic hydroxyl groups excluding tert-OH is 1. The summed E-state index contributed by atoms with van der Waals surface area (Å²) < 4.78 is 19.6. The predicted molar refractivity (Wildman–Crippen MR) is 131 cm³/mol. The summed E-state index contributed by atoms with van der Waals surface area (Å²) in [4.78, 5) is 33.1. The van der Waals surface area contributed by atoms with E-state index in [2.05, 4.69) is 15.3 Å². The highest BCUT2D eigenvalue weighted by molar-refractivity contribution is 5.77. The third-order valence-electron chi connectivity index (χ3n) is 5.82. The van der Waals surface area contributed by atoms with Crippen molar-refractivity contribution in [1.29, 1.82) is 0 Å². The number of rotatable bonds is 11. The number of halogens is 1. The Balaban J connectivity index is 1.75. The summed E-state index contributed by atoms with van der Waals surface area (Å²) in [7, 11) is 0. The molecule has 1 aromatic heterocycles. The van der Waals surface area contributed by atoms with E-state index in [0.29, 0.717) is 11.0 Å². The van der Waals surface area contributed by atoms with Crippen LogP contribution in [-0.2, 0) is 11.2 Å². The van der Waals surface area contributed by atoms with Crippen LogP contribution in [0.2, 0.25) is 0 Å². The number of hydrogen-bond donors (Lipinski definition) is 4. The molecule has 36 heavy (non-hydrogen) atoms. The number of amides is 2. The van der Waals surface area contributed by atoms with Gasteiger partial charge >= 0.3 is 6.09 Å². The summed E-state index contributed by atoms with van der Waals surface area (Å²) in [5.74, 6) is -1.96. The minimum atomic E-state index is -1.26. The molecule has 1 heterocycles. The van der Waals surface area contributed by atoms with E-state index in [1.165, 1.54) is 24.4 Å². The highest BCUT2D eigenvalue weighted by atomic mass is 19.1. The monoisotopic (exact) mass is 498 g/mol. The quantitative estimate of drug-likeness (QED) is 0.318. The Kier molecular flexibility index (Phi) is 8.89. The first-order chi connectivity index (χ1) is 17.0. The molecular formula is C26H31FN4O5. The molecule has 0 bridgehead atoms. The van der Waals surface area contributed by atoms with Gasteiger partial charge in [-0.25, -0.2) is 19.2 Å². The lowest BCUT2D eigenvalue weighted by atomic mass is 9.87. The number of fused-ring (bicyclic) bond motifs is 1. The van der Waals surface area contributed by atoms with Crippen LogP contribution in [-0.4, -0.2) is 49.9 Å². The highest BCUT2D eigenvalue weighted by Crippen LogP contribution is 2.22. The van der Waals surface area contributed by atoms with Gasteiger partial charge in [0, 0.05) is 5.92 Å². The van der Waals surface area contributed by atoms with Crippen LogP contribution in [0.5, 0.6) is 5.88 Å². The van der Waals surface area contributed by atoms with E-state index in [-0.39, 0.29) is 37.1 Å². The van der Waals surface area contributed by atoms with E-state index in [1.807, 2.05) is 0 Å². The molecule has 0 fully saturated rings. The Hall–Kier alpha value is -3.63. The molecule has 10 heteroatoms. The lowest BCUT2D eigenvalue weighted by Gasteiger charge is -2.27. The molecule has 3 atom stereocenters. The van der Waals surface area contributed by atoms with Gasteiger partial charge in [0.2, 0.25) is 11.8 Å². The maximum absolute atomic E-state index is 14.3. The smallest absolute Gasteiger partial charge is 0.391 e. The first-order valence-corrected chi connectivity index (χ1v) is 11.6. The topological polar surface area (TPSA) is 148 Å². The fourth-order valence-corrected chi connectivity index (χ4v) is 3.81. The molecule has 3 rings (SSSR count). The van der Waals surface area contributed by atoms with Gasteiger partial charge in [0.25, 0.3) is 0 Å². The molecule has 0 aliphatic rings. The number of primary amides is 1. The van der Waals surface area contributed by atoms with Crippen molar-refractivity contribution in [2.45, 2.75) is 57.3 Å². The number of para-hydroxylation sites is 2. The third kappa shape index (κ3) is 7.96. The van der Waals surface area contributed by atoms with Crippen LogP contribution < -0.4 is 15.8 Å². The van der Waals surface area contributed by atoms with Gasteiger partial charge in [-0.15, -0.1) is 0 Å². The summed E-state index contributed by atoms with van der Waals surface area (Å²) >= 11 is 0. The van der Waals surface area contributed by atoms with Crippen molar-refractivity contribution < 1.29 is 28.9 Å². The number of ether oxygens (including phenoxy) is 1. The second-order valence-corrected chi connectivity index (χ2v) is 9.39. The van der Waals surface area contributed by atoms with Crippen molar-refractivity contribution in [2.24, 2.45) is 11.7 Å². The molecule has 2 aromatic carbocycles. The minimum absolute atomic E-state index is 0.0504. The van der Waals surface area contributed by atoms with Gasteiger partial charge in [-0.2, -0.15) is 0 Å². The van der Waals surface area contributed by atoms with Gasteiger partial charge in [0.05, 0.1) is 35.0 Å². The molecule has 5 N–H and O–H groups in total. The maximum atomic E-state index is 14.3. The van der Waals surface area contributed by atoms with Gasteiger partial charge in [-0.1, -0.05) is 30.3 Å². The number of carbonyl (C=O) groups is 2. The average molecular weight is 499 g/mol. The van der Waals surface area contributed by atoms with E-state index < -0.39 is 41.5 Å². The van der Waals surface area contributed by atoms with E-state index >= 15 is 0 Å². The predicted octanol–water partition coefficient (Wildman–Crippen LogP) is 2.87. The summed E-state index contributed by atoms with van der Waals surface area (Å²) in [6.45, 7) is 3.21. The van der Waals surface area contributed by atoms with Crippen LogP contribution in [0.4, 0.5) is 9.18 Å². The molecule has 0 spiro atoms. The van der Waals surface area contributed by atoms with Crippen molar-refractivity contribution in [3.8, 4) is 5.88 Å². The van der Waals surface area contributed by atoms with Gasteiger partial charge in [-0.05, 0) is 63.3 Å². The maximum Gasteiger partial charge on any atom is 0.414 e. The van der Waals surface area contributed by atoms with Gasteiger partial charge < -0.3 is 26.0 Å². The molecule has 3 aromatic rings. The van der Waals surface area contributed by atoms with Gasteiger partial charge in [0.1, 0.15) is 5.82 Å². The van der Waals surface area contributed by atoms with Crippen molar-refractivity contribution in [3.63, 3.8) is 0 Å². The van der Waals surface area contributed by atoms with Crippen molar-refractivity contribution in [1.82, 2.24) is 15.3 Å². The fraction of sp³-hybridized carbons (Fsp3) is 0.385.